The zero-order valence-electron chi connectivity index (χ0n) is 9.11. The highest BCUT2D eigenvalue weighted by Crippen LogP contribution is 2.31. The van der Waals surface area contributed by atoms with E-state index in [1.54, 1.807) is 18.2 Å². The molecule has 0 radical (unpaired) electrons. The Morgan fingerprint density at radius 2 is 1.93 bits per heavy atom. The number of phenols is 1. The van der Waals surface area contributed by atoms with Gasteiger partial charge in [-0.3, -0.25) is 0 Å². The van der Waals surface area contributed by atoms with E-state index in [4.69, 9.17) is 4.74 Å². The van der Waals surface area contributed by atoms with Crippen LogP contribution in [0.2, 0.25) is 0 Å². The van der Waals surface area contributed by atoms with Crippen molar-refractivity contribution in [3.8, 4) is 11.5 Å². The van der Waals surface area contributed by atoms with Gasteiger partial charge in [0.1, 0.15) is 11.5 Å². The van der Waals surface area contributed by atoms with Crippen LogP contribution >= 0.6 is 0 Å². The van der Waals surface area contributed by atoms with Crippen LogP contribution in [0, 0.1) is 0 Å². The number of anilines is 1. The molecule has 0 unspecified atom stereocenters. The lowest BCUT2D eigenvalue weighted by Crippen LogP contribution is -2.13. The Balaban J connectivity index is 3.02. The minimum absolute atomic E-state index is 0.137. The number of aromatic hydroxyl groups is 1. The quantitative estimate of drug-likeness (QED) is 0.803. The monoisotopic (exact) mass is 195 g/mol. The third-order valence-corrected chi connectivity index (χ3v) is 1.79. The number of rotatable bonds is 3. The second kappa shape index (κ2) is 4.22. The Morgan fingerprint density at radius 3 is 2.43 bits per heavy atom. The molecule has 0 aliphatic rings. The minimum Gasteiger partial charge on any atom is -0.508 e. The predicted octanol–water partition coefficient (Wildman–Crippen LogP) is 2.25. The maximum Gasteiger partial charge on any atom is 0.143 e. The number of hydrogen-bond acceptors (Lipinski definition) is 3. The standard InChI is InChI=1S/C11H17NO2/c1-8(2)14-11-6-5-9(13)7-10(11)12(3)4/h5-8,13H,1-4H3. The fourth-order valence-corrected chi connectivity index (χ4v) is 1.21. The molecule has 0 spiro atoms. The lowest BCUT2D eigenvalue weighted by molar-refractivity contribution is 0.243. The Bertz CT molecular complexity index is 308. The van der Waals surface area contributed by atoms with Gasteiger partial charge in [-0.25, -0.2) is 0 Å². The molecule has 0 heterocycles. The summed E-state index contributed by atoms with van der Waals surface area (Å²) in [6.07, 6.45) is 0.137. The van der Waals surface area contributed by atoms with Gasteiger partial charge >= 0.3 is 0 Å². The van der Waals surface area contributed by atoms with Gasteiger partial charge in [0.2, 0.25) is 0 Å². The highest BCUT2D eigenvalue weighted by molar-refractivity contribution is 5.60. The molecule has 0 saturated carbocycles. The summed E-state index contributed by atoms with van der Waals surface area (Å²) in [6, 6.07) is 5.10. The maximum atomic E-state index is 9.34. The Morgan fingerprint density at radius 1 is 1.29 bits per heavy atom. The van der Waals surface area contributed by atoms with Crippen LogP contribution in [0.1, 0.15) is 13.8 Å². The lowest BCUT2D eigenvalue weighted by atomic mass is 10.2. The van der Waals surface area contributed by atoms with Crippen molar-refractivity contribution in [2.45, 2.75) is 20.0 Å². The van der Waals surface area contributed by atoms with Gasteiger partial charge < -0.3 is 14.7 Å². The van der Waals surface area contributed by atoms with Gasteiger partial charge in [-0.2, -0.15) is 0 Å². The van der Waals surface area contributed by atoms with Crippen LogP contribution in [0.4, 0.5) is 5.69 Å². The largest absolute Gasteiger partial charge is 0.508 e. The van der Waals surface area contributed by atoms with Crippen LogP contribution in [0.25, 0.3) is 0 Å². The number of nitrogens with zero attached hydrogens (tertiary/aromatic N) is 1. The Hall–Kier alpha value is -1.38. The second-order valence-corrected chi connectivity index (χ2v) is 3.71. The van der Waals surface area contributed by atoms with Gasteiger partial charge in [0.15, 0.2) is 0 Å². The molecule has 0 fully saturated rings. The normalized spacial score (nSPS) is 10.4. The molecule has 0 aromatic heterocycles. The fraction of sp³-hybridized carbons (Fsp3) is 0.455. The third kappa shape index (κ3) is 2.55. The zero-order chi connectivity index (χ0) is 10.7. The van der Waals surface area contributed by atoms with E-state index in [-0.39, 0.29) is 11.9 Å². The van der Waals surface area contributed by atoms with Crippen molar-refractivity contribution in [1.29, 1.82) is 0 Å². The van der Waals surface area contributed by atoms with E-state index in [1.165, 1.54) is 0 Å². The number of benzene rings is 1. The van der Waals surface area contributed by atoms with E-state index in [0.29, 0.717) is 0 Å². The van der Waals surface area contributed by atoms with Crippen molar-refractivity contribution in [3.63, 3.8) is 0 Å². The van der Waals surface area contributed by atoms with Gasteiger partial charge in [0.25, 0.3) is 0 Å². The molecule has 14 heavy (non-hydrogen) atoms. The van der Waals surface area contributed by atoms with Crippen LogP contribution in [0.5, 0.6) is 11.5 Å². The summed E-state index contributed by atoms with van der Waals surface area (Å²) in [5.74, 6) is 1.05. The predicted molar refractivity (Wildman–Crippen MR) is 58.2 cm³/mol. The molecule has 1 N–H and O–H groups in total. The Labute approximate surface area is 84.9 Å². The van der Waals surface area contributed by atoms with Gasteiger partial charge in [-0.1, -0.05) is 0 Å². The third-order valence-electron chi connectivity index (χ3n) is 1.79. The summed E-state index contributed by atoms with van der Waals surface area (Å²) in [6.45, 7) is 3.96. The summed E-state index contributed by atoms with van der Waals surface area (Å²) in [4.78, 5) is 1.91. The molecule has 0 aliphatic carbocycles. The van der Waals surface area contributed by atoms with E-state index in [2.05, 4.69) is 0 Å². The van der Waals surface area contributed by atoms with Gasteiger partial charge in [0, 0.05) is 20.2 Å². The summed E-state index contributed by atoms with van der Waals surface area (Å²) < 4.78 is 5.61. The SMILES string of the molecule is CC(C)Oc1ccc(O)cc1N(C)C. The molecule has 78 valence electrons. The first-order valence-electron chi connectivity index (χ1n) is 4.67. The van der Waals surface area contributed by atoms with E-state index < -0.39 is 0 Å². The zero-order valence-corrected chi connectivity index (χ0v) is 9.11. The molecule has 0 saturated heterocycles. The van der Waals surface area contributed by atoms with Gasteiger partial charge in [-0.15, -0.1) is 0 Å². The topological polar surface area (TPSA) is 32.7 Å². The molecule has 1 rings (SSSR count). The van der Waals surface area contributed by atoms with Crippen LogP contribution < -0.4 is 9.64 Å². The first-order valence-corrected chi connectivity index (χ1v) is 4.67. The van der Waals surface area contributed by atoms with Crippen LogP contribution in [0.3, 0.4) is 0 Å². The average molecular weight is 195 g/mol. The van der Waals surface area contributed by atoms with Crippen molar-refractivity contribution in [2.75, 3.05) is 19.0 Å². The summed E-state index contributed by atoms with van der Waals surface area (Å²) in [5.41, 5.74) is 0.888. The molecule has 3 heteroatoms. The number of phenolic OH excluding ortho intramolecular Hbond substituents is 1. The molecule has 0 amide bonds. The summed E-state index contributed by atoms with van der Waals surface area (Å²) in [5, 5.41) is 9.34. The van der Waals surface area contributed by atoms with Crippen LogP contribution in [-0.4, -0.2) is 25.3 Å². The first-order chi connectivity index (χ1) is 6.50. The van der Waals surface area contributed by atoms with Crippen LogP contribution in [0.15, 0.2) is 18.2 Å². The van der Waals surface area contributed by atoms with Gasteiger partial charge in [-0.05, 0) is 26.0 Å². The first kappa shape index (κ1) is 10.7. The number of ether oxygens (including phenoxy) is 1. The van der Waals surface area contributed by atoms with Gasteiger partial charge in [0.05, 0.1) is 11.8 Å². The van der Waals surface area contributed by atoms with Crippen molar-refractivity contribution >= 4 is 5.69 Å². The summed E-state index contributed by atoms with van der Waals surface area (Å²) in [7, 11) is 3.84. The highest BCUT2D eigenvalue weighted by Gasteiger charge is 2.08. The van der Waals surface area contributed by atoms with Crippen molar-refractivity contribution < 1.29 is 9.84 Å². The number of hydrogen-bond donors (Lipinski definition) is 1. The smallest absolute Gasteiger partial charge is 0.143 e. The molecule has 1 aromatic rings. The van der Waals surface area contributed by atoms with E-state index in [0.717, 1.165) is 11.4 Å². The summed E-state index contributed by atoms with van der Waals surface area (Å²) >= 11 is 0. The van der Waals surface area contributed by atoms with E-state index >= 15 is 0 Å². The molecular formula is C11H17NO2. The van der Waals surface area contributed by atoms with Crippen molar-refractivity contribution in [2.24, 2.45) is 0 Å². The van der Waals surface area contributed by atoms with Crippen molar-refractivity contribution in [1.82, 2.24) is 0 Å². The highest BCUT2D eigenvalue weighted by atomic mass is 16.5. The molecule has 0 bridgehead atoms. The van der Waals surface area contributed by atoms with E-state index in [1.807, 2.05) is 32.8 Å². The van der Waals surface area contributed by atoms with Crippen molar-refractivity contribution in [3.05, 3.63) is 18.2 Å². The molecule has 1 aromatic carbocycles. The van der Waals surface area contributed by atoms with E-state index in [9.17, 15) is 5.11 Å². The van der Waals surface area contributed by atoms with Crippen LogP contribution in [-0.2, 0) is 0 Å². The molecule has 0 atom stereocenters. The Kier molecular flexibility index (Phi) is 3.23. The second-order valence-electron chi connectivity index (χ2n) is 3.71. The minimum atomic E-state index is 0.137. The molecular weight excluding hydrogens is 178 g/mol. The fourth-order valence-electron chi connectivity index (χ4n) is 1.21. The molecule has 3 nitrogen and oxygen atoms in total. The maximum absolute atomic E-state index is 9.34. The molecule has 0 aliphatic heterocycles. The lowest BCUT2D eigenvalue weighted by Gasteiger charge is -2.19. The average Bonchev–Trinajstić information content (AvgIpc) is 2.07.